The van der Waals surface area contributed by atoms with E-state index < -0.39 is 10.6 Å². The van der Waals surface area contributed by atoms with Crippen molar-refractivity contribution in [2.75, 3.05) is 18.6 Å². The van der Waals surface area contributed by atoms with E-state index in [4.69, 9.17) is 15.3 Å². The zero-order valence-electron chi connectivity index (χ0n) is 10.9. The summed E-state index contributed by atoms with van der Waals surface area (Å²) in [6.07, 6.45) is 1.12. The third-order valence-electron chi connectivity index (χ3n) is 2.44. The van der Waals surface area contributed by atoms with Gasteiger partial charge in [0.2, 0.25) is 5.82 Å². The van der Waals surface area contributed by atoms with Gasteiger partial charge in [-0.2, -0.15) is 4.98 Å². The van der Waals surface area contributed by atoms with Crippen molar-refractivity contribution in [2.24, 2.45) is 5.84 Å². The second-order valence-corrected chi connectivity index (χ2v) is 3.79. The van der Waals surface area contributed by atoms with Gasteiger partial charge in [0.15, 0.2) is 0 Å². The van der Waals surface area contributed by atoms with Crippen molar-refractivity contribution in [2.45, 2.75) is 0 Å². The number of hydrogen-bond acceptors (Lipinski definition) is 8. The van der Waals surface area contributed by atoms with Gasteiger partial charge in [-0.3, -0.25) is 10.1 Å². The maximum absolute atomic E-state index is 11.0. The van der Waals surface area contributed by atoms with Crippen molar-refractivity contribution >= 4 is 11.5 Å². The number of nitro groups is 1. The van der Waals surface area contributed by atoms with Gasteiger partial charge in [-0.25, -0.2) is 10.8 Å². The summed E-state index contributed by atoms with van der Waals surface area (Å²) in [7, 11) is 0. The van der Waals surface area contributed by atoms with Crippen LogP contribution < -0.4 is 20.7 Å². The maximum atomic E-state index is 11.0. The lowest BCUT2D eigenvalue weighted by Gasteiger charge is -2.08. The molecule has 0 aliphatic carbocycles. The van der Waals surface area contributed by atoms with Gasteiger partial charge in [0.1, 0.15) is 25.3 Å². The van der Waals surface area contributed by atoms with E-state index in [1.54, 1.807) is 12.1 Å². The Morgan fingerprint density at radius 3 is 2.57 bits per heavy atom. The minimum Gasteiger partial charge on any atom is -0.490 e. The molecular weight excluding hydrogens is 278 g/mol. The lowest BCUT2D eigenvalue weighted by Crippen LogP contribution is -2.14. The first-order valence-corrected chi connectivity index (χ1v) is 5.99. The van der Waals surface area contributed by atoms with Gasteiger partial charge in [-0.15, -0.1) is 0 Å². The first-order valence-electron chi connectivity index (χ1n) is 5.99. The van der Waals surface area contributed by atoms with E-state index in [-0.39, 0.29) is 24.9 Å². The van der Waals surface area contributed by atoms with Crippen molar-refractivity contribution in [3.63, 3.8) is 0 Å². The van der Waals surface area contributed by atoms with Crippen LogP contribution in [0.25, 0.3) is 0 Å². The Kier molecular flexibility index (Phi) is 4.83. The van der Waals surface area contributed by atoms with Crippen molar-refractivity contribution in [1.29, 1.82) is 0 Å². The van der Waals surface area contributed by atoms with Gasteiger partial charge in [0.25, 0.3) is 5.88 Å². The average Bonchev–Trinajstić information content (AvgIpc) is 2.52. The van der Waals surface area contributed by atoms with E-state index in [1.165, 1.54) is 0 Å². The fourth-order valence-electron chi connectivity index (χ4n) is 1.55. The number of rotatable bonds is 7. The summed E-state index contributed by atoms with van der Waals surface area (Å²) < 4.78 is 10.7. The Morgan fingerprint density at radius 2 is 1.90 bits per heavy atom. The highest BCUT2D eigenvalue weighted by Crippen LogP contribution is 2.29. The summed E-state index contributed by atoms with van der Waals surface area (Å²) in [6.45, 7) is 0.313. The fraction of sp³-hybridized carbons (Fsp3) is 0.167. The van der Waals surface area contributed by atoms with Crippen LogP contribution in [0.4, 0.5) is 11.5 Å². The highest BCUT2D eigenvalue weighted by atomic mass is 16.6. The van der Waals surface area contributed by atoms with Crippen LogP contribution in [-0.4, -0.2) is 28.1 Å². The molecule has 0 saturated carbocycles. The van der Waals surface area contributed by atoms with E-state index in [0.717, 1.165) is 6.33 Å². The van der Waals surface area contributed by atoms with Gasteiger partial charge in [0.05, 0.1) is 4.92 Å². The highest BCUT2D eigenvalue weighted by molar-refractivity contribution is 5.60. The average molecular weight is 291 g/mol. The number of nitrogens with one attached hydrogen (secondary N) is 1. The largest absolute Gasteiger partial charge is 0.490 e. The van der Waals surface area contributed by atoms with Crippen LogP contribution in [-0.2, 0) is 0 Å². The zero-order chi connectivity index (χ0) is 15.1. The van der Waals surface area contributed by atoms with Crippen molar-refractivity contribution < 1.29 is 14.4 Å². The molecule has 0 bridgehead atoms. The molecule has 1 aromatic heterocycles. The lowest BCUT2D eigenvalue weighted by molar-refractivity contribution is -0.385. The molecule has 110 valence electrons. The smallest absolute Gasteiger partial charge is 0.374 e. The third kappa shape index (κ3) is 3.76. The second kappa shape index (κ2) is 7.01. The molecule has 1 aromatic carbocycles. The number of aromatic nitrogens is 2. The molecule has 3 N–H and O–H groups in total. The number of ether oxygens (including phenoxy) is 2. The van der Waals surface area contributed by atoms with Gasteiger partial charge < -0.3 is 14.9 Å². The van der Waals surface area contributed by atoms with Crippen LogP contribution in [0.15, 0.2) is 36.7 Å². The Morgan fingerprint density at radius 1 is 1.19 bits per heavy atom. The number of hydrogen-bond donors (Lipinski definition) is 2. The Balaban J connectivity index is 1.95. The molecule has 1 heterocycles. The molecule has 0 spiro atoms. The third-order valence-corrected chi connectivity index (χ3v) is 2.44. The van der Waals surface area contributed by atoms with Crippen LogP contribution in [0.5, 0.6) is 11.6 Å². The number of para-hydroxylation sites is 1. The molecule has 9 heteroatoms. The van der Waals surface area contributed by atoms with E-state index in [0.29, 0.717) is 5.75 Å². The van der Waals surface area contributed by atoms with Crippen LogP contribution >= 0.6 is 0 Å². The van der Waals surface area contributed by atoms with Gasteiger partial charge >= 0.3 is 5.69 Å². The maximum Gasteiger partial charge on any atom is 0.374 e. The Hall–Kier alpha value is -2.94. The number of nitrogens with zero attached hydrogens (tertiary/aromatic N) is 3. The number of nitrogens with two attached hydrogens (primary N) is 1. The molecule has 9 nitrogen and oxygen atoms in total. The Labute approximate surface area is 119 Å². The normalized spacial score (nSPS) is 9.95. The van der Waals surface area contributed by atoms with E-state index in [9.17, 15) is 10.1 Å². The first kappa shape index (κ1) is 14.5. The fourth-order valence-corrected chi connectivity index (χ4v) is 1.55. The summed E-state index contributed by atoms with van der Waals surface area (Å²) in [5, 5.41) is 11.0. The number of benzene rings is 1. The highest BCUT2D eigenvalue weighted by Gasteiger charge is 2.23. The van der Waals surface area contributed by atoms with Crippen molar-refractivity contribution in [1.82, 2.24) is 9.97 Å². The number of anilines is 1. The standard InChI is InChI=1S/C12H13N5O4/c13-16-11-10(17(18)19)12(15-8-14-11)21-7-6-20-9-4-2-1-3-5-9/h1-5,8H,6-7,13H2,(H,14,15,16). The second-order valence-electron chi connectivity index (χ2n) is 3.79. The van der Waals surface area contributed by atoms with Gasteiger partial charge in [-0.1, -0.05) is 18.2 Å². The molecule has 0 atom stereocenters. The summed E-state index contributed by atoms with van der Waals surface area (Å²) in [4.78, 5) is 17.7. The number of hydrazine groups is 1. The SMILES string of the molecule is NNc1ncnc(OCCOc2ccccc2)c1[N+](=O)[O-]. The summed E-state index contributed by atoms with van der Waals surface area (Å²) >= 11 is 0. The molecule has 0 fully saturated rings. The molecule has 2 aromatic rings. The van der Waals surface area contributed by atoms with E-state index >= 15 is 0 Å². The minimum atomic E-state index is -0.664. The van der Waals surface area contributed by atoms with Crippen molar-refractivity contribution in [3.05, 3.63) is 46.8 Å². The van der Waals surface area contributed by atoms with Crippen LogP contribution in [0.1, 0.15) is 0 Å². The molecule has 0 unspecified atom stereocenters. The molecule has 21 heavy (non-hydrogen) atoms. The summed E-state index contributed by atoms with van der Waals surface area (Å²) in [5.74, 6) is 5.56. The predicted octanol–water partition coefficient (Wildman–Crippen LogP) is 1.13. The lowest BCUT2D eigenvalue weighted by atomic mass is 10.3. The number of nitrogen functional groups attached to an aromatic ring is 1. The van der Waals surface area contributed by atoms with Crippen LogP contribution in [0.2, 0.25) is 0 Å². The van der Waals surface area contributed by atoms with Crippen LogP contribution in [0.3, 0.4) is 0 Å². The van der Waals surface area contributed by atoms with E-state index in [2.05, 4.69) is 15.4 Å². The van der Waals surface area contributed by atoms with Crippen molar-refractivity contribution in [3.8, 4) is 11.6 Å². The molecule has 0 aliphatic heterocycles. The monoisotopic (exact) mass is 291 g/mol. The van der Waals surface area contributed by atoms with E-state index in [1.807, 2.05) is 18.2 Å². The quantitative estimate of drug-likeness (QED) is 0.336. The van der Waals surface area contributed by atoms with Crippen LogP contribution in [0, 0.1) is 10.1 Å². The zero-order valence-corrected chi connectivity index (χ0v) is 10.9. The Bertz CT molecular complexity index is 608. The predicted molar refractivity (Wildman–Crippen MR) is 73.9 cm³/mol. The molecule has 0 amide bonds. The summed E-state index contributed by atoms with van der Waals surface area (Å²) in [5.41, 5.74) is 1.71. The molecule has 0 aliphatic rings. The molecule has 0 saturated heterocycles. The molecular formula is C12H13N5O4. The molecule has 2 rings (SSSR count). The first-order chi connectivity index (χ1) is 10.2. The topological polar surface area (TPSA) is 125 Å². The van der Waals surface area contributed by atoms with Gasteiger partial charge in [-0.05, 0) is 12.1 Å². The minimum absolute atomic E-state index is 0.0940. The molecule has 0 radical (unpaired) electrons. The van der Waals surface area contributed by atoms with Gasteiger partial charge in [0, 0.05) is 0 Å². The summed E-state index contributed by atoms with van der Waals surface area (Å²) in [6, 6.07) is 9.14.